The quantitative estimate of drug-likeness (QED) is 0.474. The van der Waals surface area contributed by atoms with Crippen LogP contribution in [0.25, 0.3) is 0 Å². The summed E-state index contributed by atoms with van der Waals surface area (Å²) < 4.78 is 64.7. The van der Waals surface area contributed by atoms with Crippen molar-refractivity contribution in [1.29, 1.82) is 0 Å². The number of hydrogen-bond acceptors (Lipinski definition) is 3. The summed E-state index contributed by atoms with van der Waals surface area (Å²) in [6, 6.07) is 8.42. The van der Waals surface area contributed by atoms with E-state index in [4.69, 9.17) is 9.15 Å². The molecule has 3 aromatic rings. The van der Waals surface area contributed by atoms with E-state index < -0.39 is 34.9 Å². The number of furan rings is 1. The Morgan fingerprint density at radius 3 is 2.36 bits per heavy atom. The number of ether oxygens (including phenoxy) is 1. The maximum atomic E-state index is 13.7. The van der Waals surface area contributed by atoms with Gasteiger partial charge >= 0.3 is 0 Å². The summed E-state index contributed by atoms with van der Waals surface area (Å²) in [4.78, 5) is 12.1. The predicted molar refractivity (Wildman–Crippen MR) is 93.2 cm³/mol. The summed E-state index contributed by atoms with van der Waals surface area (Å²) in [6.45, 7) is 3.79. The number of benzene rings is 2. The molecule has 0 saturated carbocycles. The first-order chi connectivity index (χ1) is 13.3. The highest BCUT2D eigenvalue weighted by Gasteiger charge is 2.22. The van der Waals surface area contributed by atoms with Gasteiger partial charge in [-0.2, -0.15) is 0 Å². The predicted octanol–water partition coefficient (Wildman–Crippen LogP) is 5.28. The highest BCUT2D eigenvalue weighted by atomic mass is 19.2. The molecule has 0 aliphatic heterocycles. The van der Waals surface area contributed by atoms with E-state index in [0.717, 1.165) is 11.1 Å². The summed E-state index contributed by atoms with van der Waals surface area (Å²) in [7, 11) is 0. The van der Waals surface area contributed by atoms with Gasteiger partial charge in [-0.3, -0.25) is 4.79 Å². The molecule has 0 radical (unpaired) electrons. The molecule has 0 aliphatic rings. The van der Waals surface area contributed by atoms with Gasteiger partial charge in [0.15, 0.2) is 29.0 Å². The molecule has 0 bridgehead atoms. The number of hydrogen-bond donors (Lipinski definition) is 1. The lowest BCUT2D eigenvalue weighted by Crippen LogP contribution is -2.15. The monoisotopic (exact) mass is 393 g/mol. The van der Waals surface area contributed by atoms with Crippen molar-refractivity contribution in [3.8, 4) is 5.75 Å². The first kappa shape index (κ1) is 19.5. The molecule has 1 aromatic heterocycles. The third-order valence-electron chi connectivity index (χ3n) is 3.95. The average Bonchev–Trinajstić information content (AvgIpc) is 3.13. The van der Waals surface area contributed by atoms with E-state index in [2.05, 4.69) is 0 Å². The van der Waals surface area contributed by atoms with E-state index in [1.54, 1.807) is 5.32 Å². The van der Waals surface area contributed by atoms with Crippen LogP contribution in [0, 0.1) is 37.1 Å². The minimum atomic E-state index is -1.71. The summed E-state index contributed by atoms with van der Waals surface area (Å²) >= 11 is 0. The number of amides is 1. The largest absolute Gasteiger partial charge is 0.485 e. The molecular formula is C20H15F4NO3. The van der Waals surface area contributed by atoms with Crippen LogP contribution >= 0.6 is 0 Å². The fourth-order valence-electron chi connectivity index (χ4n) is 2.45. The molecule has 8 heteroatoms. The molecule has 0 saturated heterocycles. The van der Waals surface area contributed by atoms with Crippen LogP contribution in [0.1, 0.15) is 27.4 Å². The van der Waals surface area contributed by atoms with Gasteiger partial charge in [0.1, 0.15) is 23.8 Å². The normalized spacial score (nSPS) is 10.8. The third-order valence-corrected chi connectivity index (χ3v) is 3.95. The molecule has 1 amide bonds. The molecule has 1 N–H and O–H groups in total. The summed E-state index contributed by atoms with van der Waals surface area (Å²) in [5, 5.41) is 1.78. The Bertz CT molecular complexity index is 1020. The number of rotatable bonds is 5. The lowest BCUT2D eigenvalue weighted by molar-refractivity contribution is 0.0991. The summed E-state index contributed by atoms with van der Waals surface area (Å²) in [5.74, 6) is -7.13. The van der Waals surface area contributed by atoms with Crippen LogP contribution in [0.4, 0.5) is 23.2 Å². The Balaban J connectivity index is 1.72. The van der Waals surface area contributed by atoms with E-state index in [1.165, 1.54) is 12.1 Å². The van der Waals surface area contributed by atoms with Gasteiger partial charge in [-0.05, 0) is 43.2 Å². The topological polar surface area (TPSA) is 51.5 Å². The molecule has 0 spiro atoms. The molecule has 0 atom stereocenters. The molecule has 0 aliphatic carbocycles. The molecule has 28 heavy (non-hydrogen) atoms. The van der Waals surface area contributed by atoms with Crippen molar-refractivity contribution < 1.29 is 31.5 Å². The van der Waals surface area contributed by atoms with Crippen LogP contribution in [0.3, 0.4) is 0 Å². The minimum absolute atomic E-state index is 0.00882. The molecular weight excluding hydrogens is 378 g/mol. The average molecular weight is 393 g/mol. The Morgan fingerprint density at radius 2 is 1.68 bits per heavy atom. The molecule has 1 heterocycles. The van der Waals surface area contributed by atoms with Crippen LogP contribution in [0.15, 0.2) is 40.8 Å². The summed E-state index contributed by atoms with van der Waals surface area (Å²) in [5.41, 5.74) is 0.688. The Morgan fingerprint density at radius 1 is 1.00 bits per heavy atom. The van der Waals surface area contributed by atoms with Crippen LogP contribution in [0.5, 0.6) is 5.75 Å². The second kappa shape index (κ2) is 7.75. The second-order valence-corrected chi connectivity index (χ2v) is 6.12. The van der Waals surface area contributed by atoms with Gasteiger partial charge < -0.3 is 14.5 Å². The van der Waals surface area contributed by atoms with Crippen LogP contribution in [-0.2, 0) is 6.61 Å². The van der Waals surface area contributed by atoms with Crippen LogP contribution in [0.2, 0.25) is 0 Å². The Kier molecular flexibility index (Phi) is 5.39. The van der Waals surface area contributed by atoms with Gasteiger partial charge in [0.25, 0.3) is 5.91 Å². The first-order valence-corrected chi connectivity index (χ1v) is 8.19. The number of anilines is 1. The van der Waals surface area contributed by atoms with E-state index in [-0.39, 0.29) is 24.2 Å². The Hall–Kier alpha value is -3.29. The molecule has 3 rings (SSSR count). The fourth-order valence-corrected chi connectivity index (χ4v) is 2.45. The molecule has 146 valence electrons. The van der Waals surface area contributed by atoms with Crippen molar-refractivity contribution in [2.24, 2.45) is 0 Å². The Labute approximate surface area is 157 Å². The molecule has 0 fully saturated rings. The van der Waals surface area contributed by atoms with Crippen molar-refractivity contribution >= 4 is 11.6 Å². The number of carbonyl (C=O) groups is 1. The van der Waals surface area contributed by atoms with E-state index in [1.807, 2.05) is 32.0 Å². The number of carbonyl (C=O) groups excluding carboxylic acids is 1. The smallest absolute Gasteiger partial charge is 0.291 e. The maximum Gasteiger partial charge on any atom is 0.291 e. The molecule has 2 aromatic carbocycles. The highest BCUT2D eigenvalue weighted by molar-refractivity contribution is 6.02. The number of halogens is 4. The van der Waals surface area contributed by atoms with Crippen molar-refractivity contribution in [2.75, 3.05) is 5.32 Å². The van der Waals surface area contributed by atoms with Gasteiger partial charge in [-0.25, -0.2) is 17.6 Å². The lowest BCUT2D eigenvalue weighted by Gasteiger charge is -2.09. The SMILES string of the molecule is Cc1ccc(C)c(OCc2ccc(C(=O)Nc3c(F)c(F)cc(F)c3F)o2)c1. The van der Waals surface area contributed by atoms with Gasteiger partial charge in [-0.15, -0.1) is 0 Å². The zero-order valence-corrected chi connectivity index (χ0v) is 14.9. The highest BCUT2D eigenvalue weighted by Crippen LogP contribution is 2.25. The maximum absolute atomic E-state index is 13.7. The standard InChI is InChI=1S/C20H15F4NO3/c1-10-3-4-11(2)16(7-10)27-9-12-5-6-15(28-12)20(26)25-19-17(23)13(21)8-14(22)18(19)24/h3-8H,9H2,1-2H3,(H,25,26). The zero-order valence-electron chi connectivity index (χ0n) is 14.9. The van der Waals surface area contributed by atoms with Crippen molar-refractivity contribution in [1.82, 2.24) is 0 Å². The van der Waals surface area contributed by atoms with Crippen molar-refractivity contribution in [2.45, 2.75) is 20.5 Å². The van der Waals surface area contributed by atoms with E-state index >= 15 is 0 Å². The van der Waals surface area contributed by atoms with Gasteiger partial charge in [0.2, 0.25) is 0 Å². The van der Waals surface area contributed by atoms with E-state index in [0.29, 0.717) is 5.75 Å². The minimum Gasteiger partial charge on any atom is -0.485 e. The number of aryl methyl sites for hydroxylation is 2. The molecule has 0 unspecified atom stereocenters. The number of nitrogens with one attached hydrogen (secondary N) is 1. The summed E-state index contributed by atoms with van der Waals surface area (Å²) in [6.07, 6.45) is 0. The zero-order chi connectivity index (χ0) is 20.4. The van der Waals surface area contributed by atoms with Gasteiger partial charge in [0.05, 0.1) is 0 Å². The first-order valence-electron chi connectivity index (χ1n) is 8.19. The van der Waals surface area contributed by atoms with Gasteiger partial charge in [0, 0.05) is 6.07 Å². The van der Waals surface area contributed by atoms with Crippen molar-refractivity contribution in [3.05, 3.63) is 82.3 Å². The molecule has 4 nitrogen and oxygen atoms in total. The second-order valence-electron chi connectivity index (χ2n) is 6.12. The van der Waals surface area contributed by atoms with Gasteiger partial charge in [-0.1, -0.05) is 12.1 Å². The van der Waals surface area contributed by atoms with Crippen LogP contribution < -0.4 is 10.1 Å². The fraction of sp³-hybridized carbons (Fsp3) is 0.150. The van der Waals surface area contributed by atoms with Crippen molar-refractivity contribution in [3.63, 3.8) is 0 Å². The lowest BCUT2D eigenvalue weighted by atomic mass is 10.1. The van der Waals surface area contributed by atoms with Crippen LogP contribution in [-0.4, -0.2) is 5.91 Å². The van der Waals surface area contributed by atoms with E-state index in [9.17, 15) is 22.4 Å². The third kappa shape index (κ3) is 4.00.